The SMILES string of the molecule is C[C](C)CC(C)(C)C(F)(F)F. The van der Waals surface area contributed by atoms with Gasteiger partial charge in [0.2, 0.25) is 0 Å². The third-order valence-corrected chi connectivity index (χ3v) is 1.56. The van der Waals surface area contributed by atoms with E-state index in [2.05, 4.69) is 0 Å². The molecular weight excluding hydrogens is 153 g/mol. The summed E-state index contributed by atoms with van der Waals surface area (Å²) in [6, 6.07) is 0. The van der Waals surface area contributed by atoms with E-state index >= 15 is 0 Å². The molecule has 0 rings (SSSR count). The fourth-order valence-electron chi connectivity index (χ4n) is 0.984. The Balaban J connectivity index is 4.22. The lowest BCUT2D eigenvalue weighted by molar-refractivity contribution is -0.212. The minimum atomic E-state index is -4.09. The summed E-state index contributed by atoms with van der Waals surface area (Å²) in [5, 5.41) is 0. The summed E-state index contributed by atoms with van der Waals surface area (Å²) >= 11 is 0. The maximum atomic E-state index is 12.2. The molecule has 0 aromatic rings. The molecule has 0 aliphatic rings. The summed E-state index contributed by atoms with van der Waals surface area (Å²) in [5.74, 6) is 0.812. The summed E-state index contributed by atoms with van der Waals surface area (Å²) in [6.45, 7) is 5.88. The van der Waals surface area contributed by atoms with Crippen LogP contribution in [-0.4, -0.2) is 6.18 Å². The van der Waals surface area contributed by atoms with E-state index in [-0.39, 0.29) is 6.42 Å². The second-order valence-corrected chi connectivity index (χ2v) is 3.77. The lowest BCUT2D eigenvalue weighted by Crippen LogP contribution is -2.32. The lowest BCUT2D eigenvalue weighted by Gasteiger charge is -2.28. The summed E-state index contributed by atoms with van der Waals surface area (Å²) in [4.78, 5) is 0. The Hall–Kier alpha value is -0.210. The second-order valence-electron chi connectivity index (χ2n) is 3.77. The molecule has 0 fully saturated rings. The van der Waals surface area contributed by atoms with E-state index < -0.39 is 11.6 Å². The van der Waals surface area contributed by atoms with Gasteiger partial charge in [-0.2, -0.15) is 13.2 Å². The van der Waals surface area contributed by atoms with Crippen molar-refractivity contribution in [3.05, 3.63) is 5.92 Å². The van der Waals surface area contributed by atoms with Gasteiger partial charge in [-0.05, 0) is 12.3 Å². The quantitative estimate of drug-likeness (QED) is 0.589. The zero-order chi connectivity index (χ0) is 9.28. The molecule has 0 saturated carbocycles. The molecule has 11 heavy (non-hydrogen) atoms. The highest BCUT2D eigenvalue weighted by atomic mass is 19.4. The van der Waals surface area contributed by atoms with E-state index in [1.165, 1.54) is 13.8 Å². The Morgan fingerprint density at radius 2 is 1.45 bits per heavy atom. The van der Waals surface area contributed by atoms with Gasteiger partial charge in [-0.25, -0.2) is 0 Å². The molecule has 0 unspecified atom stereocenters. The highest BCUT2D eigenvalue weighted by Gasteiger charge is 2.47. The molecule has 0 aromatic carbocycles. The zero-order valence-electron chi connectivity index (χ0n) is 7.34. The van der Waals surface area contributed by atoms with Crippen LogP contribution in [0.3, 0.4) is 0 Å². The Bertz CT molecular complexity index is 122. The molecule has 0 saturated heterocycles. The van der Waals surface area contributed by atoms with Gasteiger partial charge in [0.05, 0.1) is 5.41 Å². The molecule has 0 amide bonds. The van der Waals surface area contributed by atoms with Crippen molar-refractivity contribution in [3.63, 3.8) is 0 Å². The van der Waals surface area contributed by atoms with Gasteiger partial charge in [0.25, 0.3) is 0 Å². The standard InChI is InChI=1S/C8H14F3/c1-6(2)5-7(3,4)8(9,10)11/h5H2,1-4H3. The van der Waals surface area contributed by atoms with Crippen LogP contribution in [0.25, 0.3) is 0 Å². The number of hydrogen-bond donors (Lipinski definition) is 0. The number of hydrogen-bond acceptors (Lipinski definition) is 0. The maximum absolute atomic E-state index is 12.2. The average Bonchev–Trinajstić information content (AvgIpc) is 1.56. The highest BCUT2D eigenvalue weighted by molar-refractivity contribution is 4.89. The Labute approximate surface area is 65.8 Å². The van der Waals surface area contributed by atoms with Crippen LogP contribution >= 0.6 is 0 Å². The Morgan fingerprint density at radius 1 is 1.09 bits per heavy atom. The van der Waals surface area contributed by atoms with Crippen molar-refractivity contribution < 1.29 is 13.2 Å². The first-order chi connectivity index (χ1) is 4.67. The zero-order valence-corrected chi connectivity index (χ0v) is 7.34. The molecule has 0 aromatic heterocycles. The van der Waals surface area contributed by atoms with E-state index in [4.69, 9.17) is 0 Å². The average molecular weight is 167 g/mol. The van der Waals surface area contributed by atoms with E-state index in [0.29, 0.717) is 0 Å². The van der Waals surface area contributed by atoms with Crippen molar-refractivity contribution in [1.82, 2.24) is 0 Å². The molecule has 0 aliphatic carbocycles. The Morgan fingerprint density at radius 3 is 1.55 bits per heavy atom. The smallest absolute Gasteiger partial charge is 0.171 e. The van der Waals surface area contributed by atoms with Crippen molar-refractivity contribution in [2.24, 2.45) is 5.41 Å². The van der Waals surface area contributed by atoms with Crippen LogP contribution in [0.1, 0.15) is 34.1 Å². The first-order valence-corrected chi connectivity index (χ1v) is 3.52. The highest BCUT2D eigenvalue weighted by Crippen LogP contribution is 2.42. The number of halogens is 3. The van der Waals surface area contributed by atoms with Crippen LogP contribution in [0, 0.1) is 11.3 Å². The van der Waals surface area contributed by atoms with Gasteiger partial charge in [0, 0.05) is 0 Å². The monoisotopic (exact) mass is 167 g/mol. The van der Waals surface area contributed by atoms with Crippen LogP contribution in [0.15, 0.2) is 0 Å². The summed E-state index contributed by atoms with van der Waals surface area (Å²) in [7, 11) is 0. The van der Waals surface area contributed by atoms with Gasteiger partial charge in [0.15, 0.2) is 0 Å². The number of rotatable bonds is 2. The van der Waals surface area contributed by atoms with E-state index in [1.807, 2.05) is 0 Å². The fourth-order valence-corrected chi connectivity index (χ4v) is 0.984. The number of alkyl halides is 3. The predicted molar refractivity (Wildman–Crippen MR) is 39.0 cm³/mol. The largest absolute Gasteiger partial charge is 0.393 e. The summed E-state index contributed by atoms with van der Waals surface area (Å²) < 4.78 is 36.5. The van der Waals surface area contributed by atoms with Crippen molar-refractivity contribution in [2.75, 3.05) is 0 Å². The van der Waals surface area contributed by atoms with E-state index in [1.54, 1.807) is 13.8 Å². The van der Waals surface area contributed by atoms with Gasteiger partial charge in [-0.3, -0.25) is 0 Å². The predicted octanol–water partition coefficient (Wildman–Crippen LogP) is 3.58. The fraction of sp³-hybridized carbons (Fsp3) is 0.875. The molecule has 0 heterocycles. The van der Waals surface area contributed by atoms with Crippen LogP contribution in [-0.2, 0) is 0 Å². The first kappa shape index (κ1) is 10.8. The van der Waals surface area contributed by atoms with Crippen molar-refractivity contribution in [2.45, 2.75) is 40.3 Å². The second kappa shape index (κ2) is 3.03. The molecule has 0 nitrogen and oxygen atoms in total. The summed E-state index contributed by atoms with van der Waals surface area (Å²) in [5.41, 5.74) is -1.58. The van der Waals surface area contributed by atoms with Crippen LogP contribution in [0.2, 0.25) is 0 Å². The lowest BCUT2D eigenvalue weighted by atomic mass is 9.83. The van der Waals surface area contributed by atoms with Crippen molar-refractivity contribution in [3.8, 4) is 0 Å². The normalized spacial score (nSPS) is 14.2. The van der Waals surface area contributed by atoms with Gasteiger partial charge >= 0.3 is 6.18 Å². The minimum absolute atomic E-state index is 0.108. The Kier molecular flexibility index (Phi) is 2.98. The van der Waals surface area contributed by atoms with Gasteiger partial charge in [0.1, 0.15) is 0 Å². The van der Waals surface area contributed by atoms with Crippen LogP contribution in [0.4, 0.5) is 13.2 Å². The molecule has 1 radical (unpaired) electrons. The molecular formula is C8H14F3. The molecule has 0 atom stereocenters. The third-order valence-electron chi connectivity index (χ3n) is 1.56. The molecule has 0 N–H and O–H groups in total. The van der Waals surface area contributed by atoms with Gasteiger partial charge in [-0.1, -0.05) is 27.7 Å². The maximum Gasteiger partial charge on any atom is 0.393 e. The van der Waals surface area contributed by atoms with Crippen molar-refractivity contribution in [1.29, 1.82) is 0 Å². The topological polar surface area (TPSA) is 0 Å². The van der Waals surface area contributed by atoms with Crippen LogP contribution < -0.4 is 0 Å². The first-order valence-electron chi connectivity index (χ1n) is 3.52. The van der Waals surface area contributed by atoms with Gasteiger partial charge < -0.3 is 0 Å². The molecule has 67 valence electrons. The van der Waals surface area contributed by atoms with E-state index in [9.17, 15) is 13.2 Å². The molecule has 3 heteroatoms. The summed E-state index contributed by atoms with van der Waals surface area (Å²) in [6.07, 6.45) is -3.99. The third kappa shape index (κ3) is 3.12. The minimum Gasteiger partial charge on any atom is -0.171 e. The van der Waals surface area contributed by atoms with Crippen LogP contribution in [0.5, 0.6) is 0 Å². The van der Waals surface area contributed by atoms with Crippen molar-refractivity contribution >= 4 is 0 Å². The van der Waals surface area contributed by atoms with Gasteiger partial charge in [-0.15, -0.1) is 0 Å². The van der Waals surface area contributed by atoms with E-state index in [0.717, 1.165) is 5.92 Å². The molecule has 0 spiro atoms. The molecule has 0 aliphatic heterocycles. The molecule has 0 bridgehead atoms.